The summed E-state index contributed by atoms with van der Waals surface area (Å²) in [5, 5.41) is 3.36. The van der Waals surface area contributed by atoms with Crippen LogP contribution in [0.3, 0.4) is 0 Å². The van der Waals surface area contributed by atoms with Crippen LogP contribution in [0.5, 0.6) is 11.5 Å². The average molecular weight is 620 g/mol. The van der Waals surface area contributed by atoms with Gasteiger partial charge in [0.15, 0.2) is 5.75 Å². The van der Waals surface area contributed by atoms with Gasteiger partial charge in [-0.05, 0) is 47.4 Å². The maximum absolute atomic E-state index is 14.2. The van der Waals surface area contributed by atoms with Gasteiger partial charge in [-0.2, -0.15) is 0 Å². The highest BCUT2D eigenvalue weighted by Crippen LogP contribution is 2.46. The molecule has 0 fully saturated rings. The minimum atomic E-state index is -0.602. The van der Waals surface area contributed by atoms with Crippen molar-refractivity contribution in [3.05, 3.63) is 137 Å². The predicted molar refractivity (Wildman–Crippen MR) is 177 cm³/mol. The Morgan fingerprint density at radius 2 is 1.57 bits per heavy atom. The van der Waals surface area contributed by atoms with Crippen LogP contribution in [0.1, 0.15) is 72.3 Å². The van der Waals surface area contributed by atoms with Gasteiger partial charge in [-0.1, -0.05) is 100.0 Å². The van der Waals surface area contributed by atoms with Gasteiger partial charge in [0.2, 0.25) is 0 Å². The number of ether oxygens (including phenoxy) is 2. The van der Waals surface area contributed by atoms with Gasteiger partial charge in [0.25, 0.3) is 5.91 Å². The van der Waals surface area contributed by atoms with Crippen molar-refractivity contribution in [2.45, 2.75) is 52.8 Å². The van der Waals surface area contributed by atoms with E-state index < -0.39 is 12.2 Å². The Morgan fingerprint density at radius 1 is 0.913 bits per heavy atom. The molecule has 0 saturated heterocycles. The van der Waals surface area contributed by atoms with E-state index in [0.717, 1.165) is 29.5 Å². The van der Waals surface area contributed by atoms with Gasteiger partial charge in [-0.15, -0.1) is 0 Å². The highest BCUT2D eigenvalue weighted by Gasteiger charge is 2.38. The van der Waals surface area contributed by atoms with Gasteiger partial charge in [0, 0.05) is 30.2 Å². The summed E-state index contributed by atoms with van der Waals surface area (Å²) in [5.41, 5.74) is 3.83. The molecular formula is C38H38FN3O4. The minimum absolute atomic E-state index is 0.172. The molecule has 0 bridgehead atoms. The van der Waals surface area contributed by atoms with E-state index in [1.165, 1.54) is 12.1 Å². The summed E-state index contributed by atoms with van der Waals surface area (Å²) in [6, 6.07) is 29.2. The van der Waals surface area contributed by atoms with Gasteiger partial charge < -0.3 is 19.7 Å². The van der Waals surface area contributed by atoms with Crippen LogP contribution in [-0.2, 0) is 13.1 Å². The number of carbonyl (C=O) groups is 2. The number of nitrogens with zero attached hydrogens (tertiary/aromatic N) is 2. The number of rotatable bonds is 10. The van der Waals surface area contributed by atoms with Crippen molar-refractivity contribution >= 4 is 22.9 Å². The zero-order valence-corrected chi connectivity index (χ0v) is 26.3. The van der Waals surface area contributed by atoms with Crippen molar-refractivity contribution in [1.29, 1.82) is 0 Å². The van der Waals surface area contributed by atoms with E-state index in [9.17, 15) is 14.0 Å². The summed E-state index contributed by atoms with van der Waals surface area (Å²) < 4.78 is 26.4. The molecule has 7 nitrogen and oxygen atoms in total. The van der Waals surface area contributed by atoms with Gasteiger partial charge in [0.1, 0.15) is 23.2 Å². The van der Waals surface area contributed by atoms with Crippen LogP contribution in [0.25, 0.3) is 10.9 Å². The molecule has 236 valence electrons. The fourth-order valence-electron chi connectivity index (χ4n) is 5.47. The fourth-order valence-corrected chi connectivity index (χ4v) is 5.47. The first-order valence-electron chi connectivity index (χ1n) is 15.7. The first-order valence-corrected chi connectivity index (χ1v) is 15.7. The fraction of sp³-hybridized carbons (Fsp3) is 0.237. The minimum Gasteiger partial charge on any atom is -0.478 e. The smallest absolute Gasteiger partial charge is 0.412 e. The first kappa shape index (κ1) is 32.2. The second-order valence-corrected chi connectivity index (χ2v) is 10.7. The topological polar surface area (TPSA) is 80.8 Å². The highest BCUT2D eigenvalue weighted by molar-refractivity contribution is 6.09. The van der Waals surface area contributed by atoms with Gasteiger partial charge in [0.05, 0.1) is 12.1 Å². The largest absolute Gasteiger partial charge is 0.478 e. The van der Waals surface area contributed by atoms with Crippen LogP contribution in [-0.4, -0.2) is 28.4 Å². The molecular weight excluding hydrogens is 581 g/mol. The lowest BCUT2D eigenvalue weighted by molar-refractivity contribution is 0.0762. The standard InChI is InChI=1S/C36H32FN3O4.C2H6/c1-2-3-20-39-36(42)44-33-28-15-10-21-38-31(28)34(43-32(25-11-6-4-7-12-25)26-13-8-5-9-14-26)30-29(33)23-40(35(30)41)22-24-16-18-27(37)19-17-24;1-2/h4-19,21,32H,2-3,20,22-23H2,1H3,(H,39,42);1-2H3. The monoisotopic (exact) mass is 619 g/mol. The highest BCUT2D eigenvalue weighted by atomic mass is 19.1. The molecule has 4 aromatic carbocycles. The molecule has 1 aromatic heterocycles. The Bertz CT molecular complexity index is 1740. The summed E-state index contributed by atoms with van der Waals surface area (Å²) >= 11 is 0. The Morgan fingerprint density at radius 3 is 2.20 bits per heavy atom. The van der Waals surface area contributed by atoms with E-state index in [1.807, 2.05) is 87.5 Å². The average Bonchev–Trinajstić information content (AvgIpc) is 3.42. The lowest BCUT2D eigenvalue weighted by Gasteiger charge is -2.23. The van der Waals surface area contributed by atoms with Crippen LogP contribution < -0.4 is 14.8 Å². The zero-order valence-electron chi connectivity index (χ0n) is 26.3. The van der Waals surface area contributed by atoms with Gasteiger partial charge >= 0.3 is 6.09 Å². The molecule has 0 atom stereocenters. The summed E-state index contributed by atoms with van der Waals surface area (Å²) in [4.78, 5) is 33.4. The maximum atomic E-state index is 14.2. The molecule has 0 aliphatic carbocycles. The number of hydrogen-bond donors (Lipinski definition) is 1. The zero-order chi connectivity index (χ0) is 32.5. The Labute approximate surface area is 269 Å². The van der Waals surface area contributed by atoms with Crippen LogP contribution in [0.15, 0.2) is 103 Å². The number of amides is 2. The maximum Gasteiger partial charge on any atom is 0.412 e. The molecule has 6 rings (SSSR count). The van der Waals surface area contributed by atoms with Crippen LogP contribution >= 0.6 is 0 Å². The predicted octanol–water partition coefficient (Wildman–Crippen LogP) is 8.61. The number of carbonyl (C=O) groups excluding carboxylic acids is 2. The van der Waals surface area contributed by atoms with E-state index in [0.29, 0.717) is 34.3 Å². The number of nitrogens with one attached hydrogen (secondary N) is 1. The number of pyridine rings is 1. The molecule has 1 aliphatic rings. The normalized spacial score (nSPS) is 12.0. The SMILES string of the molecule is CC.CCCCNC(=O)Oc1c2c(c(OC(c3ccccc3)c3ccccc3)c3ncccc13)C(=O)N(Cc1ccc(F)cc1)C2. The Kier molecular flexibility index (Phi) is 10.6. The molecule has 0 saturated carbocycles. The number of fused-ring (bicyclic) bond motifs is 2. The summed E-state index contributed by atoms with van der Waals surface area (Å²) in [7, 11) is 0. The van der Waals surface area contributed by atoms with E-state index >= 15 is 0 Å². The Hall–Kier alpha value is -5.24. The van der Waals surface area contributed by atoms with Crippen LogP contribution in [0, 0.1) is 5.82 Å². The second-order valence-electron chi connectivity index (χ2n) is 10.7. The van der Waals surface area contributed by atoms with E-state index in [4.69, 9.17) is 9.47 Å². The third-order valence-electron chi connectivity index (χ3n) is 7.64. The lowest BCUT2D eigenvalue weighted by atomic mass is 9.99. The summed E-state index contributed by atoms with van der Waals surface area (Å²) in [6.07, 6.45) is 2.21. The quantitative estimate of drug-likeness (QED) is 0.158. The van der Waals surface area contributed by atoms with E-state index in [2.05, 4.69) is 10.3 Å². The second kappa shape index (κ2) is 15.2. The van der Waals surface area contributed by atoms with Crippen LogP contribution in [0.4, 0.5) is 9.18 Å². The van der Waals surface area contributed by atoms with Crippen molar-refractivity contribution < 1.29 is 23.5 Å². The molecule has 46 heavy (non-hydrogen) atoms. The third-order valence-corrected chi connectivity index (χ3v) is 7.64. The number of aromatic nitrogens is 1. The number of unbranched alkanes of at least 4 members (excludes halogenated alkanes) is 1. The van der Waals surface area contributed by atoms with Crippen molar-refractivity contribution in [3.8, 4) is 11.5 Å². The molecule has 5 aromatic rings. The molecule has 1 N–H and O–H groups in total. The number of halogens is 1. The van der Waals surface area contributed by atoms with E-state index in [-0.39, 0.29) is 30.6 Å². The van der Waals surface area contributed by atoms with Crippen molar-refractivity contribution in [1.82, 2.24) is 15.2 Å². The lowest BCUT2D eigenvalue weighted by Crippen LogP contribution is -2.28. The molecule has 1 aliphatic heterocycles. The van der Waals surface area contributed by atoms with Gasteiger partial charge in [-0.3, -0.25) is 9.78 Å². The molecule has 2 heterocycles. The molecule has 0 spiro atoms. The Balaban J connectivity index is 0.00000204. The third kappa shape index (κ3) is 7.01. The summed E-state index contributed by atoms with van der Waals surface area (Å²) in [6.45, 7) is 6.92. The van der Waals surface area contributed by atoms with Gasteiger partial charge in [-0.25, -0.2) is 9.18 Å². The summed E-state index contributed by atoms with van der Waals surface area (Å²) in [5.74, 6) is -0.0487. The number of hydrogen-bond acceptors (Lipinski definition) is 5. The van der Waals surface area contributed by atoms with Crippen molar-refractivity contribution in [2.24, 2.45) is 0 Å². The number of benzene rings is 4. The van der Waals surface area contributed by atoms with E-state index in [1.54, 1.807) is 29.3 Å². The van der Waals surface area contributed by atoms with Crippen LogP contribution in [0.2, 0.25) is 0 Å². The molecule has 0 unspecified atom stereocenters. The van der Waals surface area contributed by atoms with Crippen molar-refractivity contribution in [3.63, 3.8) is 0 Å². The first-order chi connectivity index (χ1) is 22.5. The molecule has 2 amide bonds. The molecule has 0 radical (unpaired) electrons. The van der Waals surface area contributed by atoms with Crippen molar-refractivity contribution in [2.75, 3.05) is 6.54 Å². The molecule has 8 heteroatoms.